The van der Waals surface area contributed by atoms with Crippen LogP contribution >= 0.6 is 11.6 Å². The van der Waals surface area contributed by atoms with Crippen molar-refractivity contribution in [3.63, 3.8) is 0 Å². The van der Waals surface area contributed by atoms with Gasteiger partial charge in [0.05, 0.1) is 17.1 Å². The summed E-state index contributed by atoms with van der Waals surface area (Å²) < 4.78 is 38.7. The Balaban J connectivity index is 1.81. The number of rotatable bonds is 6. The third-order valence-corrected chi connectivity index (χ3v) is 4.72. The van der Waals surface area contributed by atoms with Crippen LogP contribution in [0.25, 0.3) is 0 Å². The highest BCUT2D eigenvalue weighted by Crippen LogP contribution is 2.36. The number of nitrogens with zero attached hydrogens (tertiary/aromatic N) is 2. The maximum atomic E-state index is 12.9. The molecular formula is C18H24ClF3N4O2. The van der Waals surface area contributed by atoms with E-state index in [-0.39, 0.29) is 18.3 Å². The fraction of sp³-hybridized carbons (Fsp3) is 0.556. The number of benzene rings is 1. The van der Waals surface area contributed by atoms with Crippen molar-refractivity contribution in [3.05, 3.63) is 28.8 Å². The molecule has 3 amide bonds. The lowest BCUT2D eigenvalue weighted by molar-refractivity contribution is -0.137. The molecule has 0 unspecified atom stereocenters. The fourth-order valence-corrected chi connectivity index (χ4v) is 3.04. The van der Waals surface area contributed by atoms with E-state index in [0.29, 0.717) is 32.7 Å². The van der Waals surface area contributed by atoms with Gasteiger partial charge < -0.3 is 15.5 Å². The van der Waals surface area contributed by atoms with Crippen molar-refractivity contribution in [3.8, 4) is 0 Å². The average molecular weight is 421 g/mol. The van der Waals surface area contributed by atoms with Crippen LogP contribution in [0.4, 0.5) is 23.7 Å². The Morgan fingerprint density at radius 1 is 1.18 bits per heavy atom. The summed E-state index contributed by atoms with van der Waals surface area (Å²) in [5.74, 6) is -0.420. The van der Waals surface area contributed by atoms with Crippen LogP contribution in [0.5, 0.6) is 0 Å². The number of halogens is 4. The standard InChI is InChI=1S/C18H24ClF3N4O2/c1-2-3-6-23-17(28)26-9-7-25(8-10-26)12-16(27)24-13-4-5-15(19)14(11-13)18(20,21)22/h4-5,11H,2-3,6-10,12H2,1H3,(H,23,28)(H,24,27). The summed E-state index contributed by atoms with van der Waals surface area (Å²) in [4.78, 5) is 27.7. The van der Waals surface area contributed by atoms with E-state index in [9.17, 15) is 22.8 Å². The predicted octanol–water partition coefficient (Wildman–Crippen LogP) is 3.42. The maximum Gasteiger partial charge on any atom is 0.417 e. The average Bonchev–Trinajstić information content (AvgIpc) is 2.63. The summed E-state index contributed by atoms with van der Waals surface area (Å²) in [6, 6.07) is 3.14. The third kappa shape index (κ3) is 6.56. The van der Waals surface area contributed by atoms with Crippen molar-refractivity contribution in [1.29, 1.82) is 0 Å². The molecule has 156 valence electrons. The monoisotopic (exact) mass is 420 g/mol. The van der Waals surface area contributed by atoms with Crippen LogP contribution < -0.4 is 10.6 Å². The predicted molar refractivity (Wildman–Crippen MR) is 101 cm³/mol. The Morgan fingerprint density at radius 3 is 2.46 bits per heavy atom. The highest BCUT2D eigenvalue weighted by atomic mass is 35.5. The molecule has 1 heterocycles. The molecule has 0 atom stereocenters. The van der Waals surface area contributed by atoms with Gasteiger partial charge in [0.1, 0.15) is 0 Å². The fourth-order valence-electron chi connectivity index (χ4n) is 2.82. The van der Waals surface area contributed by atoms with Crippen LogP contribution in [0.2, 0.25) is 5.02 Å². The molecule has 1 fully saturated rings. The summed E-state index contributed by atoms with van der Waals surface area (Å²) in [5.41, 5.74) is -0.953. The molecule has 1 aromatic rings. The quantitative estimate of drug-likeness (QED) is 0.693. The summed E-state index contributed by atoms with van der Waals surface area (Å²) in [6.07, 6.45) is -2.67. The molecule has 1 saturated heterocycles. The normalized spacial score (nSPS) is 15.4. The number of alkyl halides is 3. The zero-order valence-corrected chi connectivity index (χ0v) is 16.4. The largest absolute Gasteiger partial charge is 0.417 e. The summed E-state index contributed by atoms with van der Waals surface area (Å²) >= 11 is 5.57. The molecule has 10 heteroatoms. The second-order valence-electron chi connectivity index (χ2n) is 6.59. The number of anilines is 1. The van der Waals surface area contributed by atoms with Crippen LogP contribution in [0.1, 0.15) is 25.3 Å². The molecule has 0 saturated carbocycles. The van der Waals surface area contributed by atoms with E-state index in [4.69, 9.17) is 11.6 Å². The molecule has 2 N–H and O–H groups in total. The molecule has 0 bridgehead atoms. The second-order valence-corrected chi connectivity index (χ2v) is 7.00. The first-order valence-electron chi connectivity index (χ1n) is 9.12. The lowest BCUT2D eigenvalue weighted by Gasteiger charge is -2.34. The van der Waals surface area contributed by atoms with Crippen molar-refractivity contribution < 1.29 is 22.8 Å². The smallest absolute Gasteiger partial charge is 0.338 e. The van der Waals surface area contributed by atoms with Crippen LogP contribution in [-0.4, -0.2) is 61.0 Å². The molecule has 1 aromatic carbocycles. The van der Waals surface area contributed by atoms with Gasteiger partial charge in [0.25, 0.3) is 0 Å². The van der Waals surface area contributed by atoms with E-state index in [1.54, 1.807) is 4.90 Å². The SMILES string of the molecule is CCCCNC(=O)N1CCN(CC(=O)Nc2ccc(Cl)c(C(F)(F)F)c2)CC1. The van der Waals surface area contributed by atoms with Crippen molar-refractivity contribution in [2.24, 2.45) is 0 Å². The van der Waals surface area contributed by atoms with Crippen molar-refractivity contribution in [2.45, 2.75) is 25.9 Å². The van der Waals surface area contributed by atoms with Crippen molar-refractivity contribution >= 4 is 29.2 Å². The Bertz CT molecular complexity index is 692. The van der Waals surface area contributed by atoms with E-state index < -0.39 is 22.7 Å². The van der Waals surface area contributed by atoms with E-state index in [2.05, 4.69) is 10.6 Å². The number of hydrogen-bond donors (Lipinski definition) is 2. The molecule has 28 heavy (non-hydrogen) atoms. The lowest BCUT2D eigenvalue weighted by atomic mass is 10.2. The number of nitrogens with one attached hydrogen (secondary N) is 2. The Labute approximate surface area is 167 Å². The minimum Gasteiger partial charge on any atom is -0.338 e. The highest BCUT2D eigenvalue weighted by molar-refractivity contribution is 6.31. The van der Waals surface area contributed by atoms with Crippen LogP contribution in [0, 0.1) is 0 Å². The van der Waals surface area contributed by atoms with Gasteiger partial charge in [-0.05, 0) is 24.6 Å². The third-order valence-electron chi connectivity index (χ3n) is 4.39. The first kappa shape index (κ1) is 22.3. The summed E-state index contributed by atoms with van der Waals surface area (Å²) in [7, 11) is 0. The summed E-state index contributed by atoms with van der Waals surface area (Å²) in [6.45, 7) is 4.74. The van der Waals surface area contributed by atoms with Crippen LogP contribution in [0.3, 0.4) is 0 Å². The minimum absolute atomic E-state index is 0.0370. The zero-order valence-electron chi connectivity index (χ0n) is 15.6. The van der Waals surface area contributed by atoms with Gasteiger partial charge in [-0.3, -0.25) is 9.69 Å². The lowest BCUT2D eigenvalue weighted by Crippen LogP contribution is -2.53. The van der Waals surface area contributed by atoms with Crippen molar-refractivity contribution in [1.82, 2.24) is 15.1 Å². The number of unbranched alkanes of at least 4 members (excludes halogenated alkanes) is 1. The Kier molecular flexibility index (Phi) is 7.94. The summed E-state index contributed by atoms with van der Waals surface area (Å²) in [5, 5.41) is 4.90. The molecule has 0 aromatic heterocycles. The first-order chi connectivity index (χ1) is 13.2. The molecule has 1 aliphatic heterocycles. The molecule has 6 nitrogen and oxygen atoms in total. The number of carbonyl (C=O) groups is 2. The van der Waals surface area contributed by atoms with Gasteiger partial charge in [0.15, 0.2) is 0 Å². The minimum atomic E-state index is -4.59. The molecular weight excluding hydrogens is 397 g/mol. The van der Waals surface area contributed by atoms with Gasteiger partial charge in [0.2, 0.25) is 5.91 Å². The zero-order chi connectivity index (χ0) is 20.7. The number of amides is 3. The van der Waals surface area contributed by atoms with E-state index >= 15 is 0 Å². The highest BCUT2D eigenvalue weighted by Gasteiger charge is 2.33. The van der Waals surface area contributed by atoms with Gasteiger partial charge >= 0.3 is 12.2 Å². The van der Waals surface area contributed by atoms with E-state index in [1.807, 2.05) is 11.8 Å². The number of carbonyl (C=O) groups excluding carboxylic acids is 2. The molecule has 2 rings (SSSR count). The van der Waals surface area contributed by atoms with E-state index in [1.165, 1.54) is 6.07 Å². The number of urea groups is 1. The van der Waals surface area contributed by atoms with Gasteiger partial charge in [-0.1, -0.05) is 24.9 Å². The molecule has 0 aliphatic carbocycles. The molecule has 0 radical (unpaired) electrons. The van der Waals surface area contributed by atoms with Crippen LogP contribution in [-0.2, 0) is 11.0 Å². The maximum absolute atomic E-state index is 12.9. The Morgan fingerprint density at radius 2 is 1.86 bits per heavy atom. The number of hydrogen-bond acceptors (Lipinski definition) is 3. The second kappa shape index (κ2) is 9.97. The van der Waals surface area contributed by atoms with Crippen LogP contribution in [0.15, 0.2) is 18.2 Å². The first-order valence-corrected chi connectivity index (χ1v) is 9.50. The van der Waals surface area contributed by atoms with E-state index in [0.717, 1.165) is 25.0 Å². The van der Waals surface area contributed by atoms with Gasteiger partial charge in [-0.25, -0.2) is 4.79 Å². The topological polar surface area (TPSA) is 64.7 Å². The molecule has 1 aliphatic rings. The Hall–Kier alpha value is -2.00. The van der Waals surface area contributed by atoms with Gasteiger partial charge in [-0.15, -0.1) is 0 Å². The van der Waals surface area contributed by atoms with Crippen molar-refractivity contribution in [2.75, 3.05) is 44.6 Å². The molecule has 0 spiro atoms. The van der Waals surface area contributed by atoms with Gasteiger partial charge in [-0.2, -0.15) is 13.2 Å². The number of piperazine rings is 1. The van der Waals surface area contributed by atoms with Gasteiger partial charge in [0, 0.05) is 38.4 Å².